The third-order valence-electron chi connectivity index (χ3n) is 5.19. The van der Waals surface area contributed by atoms with Gasteiger partial charge in [0.15, 0.2) is 0 Å². The van der Waals surface area contributed by atoms with Gasteiger partial charge in [0.2, 0.25) is 5.60 Å². The molecule has 0 amide bonds. The molecule has 9 nitrogen and oxygen atoms in total. The number of hydroxylamine groups is 1. The number of halogens is 9. The van der Waals surface area contributed by atoms with Crippen LogP contribution in [0, 0.1) is 10.1 Å². The molecule has 18 heteroatoms. The first-order valence-electron chi connectivity index (χ1n) is 9.59. The number of alkyl halides is 9. The standard InChI is InChI=1S/C19H9F9N6O3/c20-17(21,22)11-4-10(5-12(6-11)18(23,24)25)16(19(26,27)28)7-13(30-37-16)9-1-2-14(15(3-9)34(35)36)33-8-29-31-32-33/h1-8,30H. The first-order chi connectivity index (χ1) is 17.0. The lowest BCUT2D eigenvalue weighted by atomic mass is 9.88. The van der Waals surface area contributed by atoms with Crippen LogP contribution in [0.5, 0.6) is 0 Å². The first-order valence-corrected chi connectivity index (χ1v) is 9.59. The molecule has 0 saturated heterocycles. The average molecular weight is 540 g/mol. The zero-order valence-electron chi connectivity index (χ0n) is 17.5. The number of nitrogens with zero attached hydrogens (tertiary/aromatic N) is 5. The van der Waals surface area contributed by atoms with Gasteiger partial charge in [0, 0.05) is 17.2 Å². The summed E-state index contributed by atoms with van der Waals surface area (Å²) in [5.74, 6) is 0. The van der Waals surface area contributed by atoms with Gasteiger partial charge in [0.05, 0.1) is 21.7 Å². The van der Waals surface area contributed by atoms with E-state index in [1.54, 1.807) is 0 Å². The summed E-state index contributed by atoms with van der Waals surface area (Å²) in [6.07, 6.45) is -15.2. The number of nitro groups is 1. The largest absolute Gasteiger partial charge is 0.428 e. The fourth-order valence-electron chi connectivity index (χ4n) is 3.46. The average Bonchev–Trinajstić information content (AvgIpc) is 3.48. The third-order valence-corrected chi connectivity index (χ3v) is 5.19. The van der Waals surface area contributed by atoms with E-state index in [9.17, 15) is 49.6 Å². The van der Waals surface area contributed by atoms with Gasteiger partial charge in [-0.2, -0.15) is 44.2 Å². The number of tetrazole rings is 1. The molecule has 37 heavy (non-hydrogen) atoms. The van der Waals surface area contributed by atoms with E-state index in [-0.39, 0.29) is 35.5 Å². The van der Waals surface area contributed by atoms with E-state index in [1.165, 1.54) is 0 Å². The summed E-state index contributed by atoms with van der Waals surface area (Å²) in [6, 6.07) is 2.36. The van der Waals surface area contributed by atoms with Crippen LogP contribution in [0.25, 0.3) is 11.4 Å². The molecule has 0 saturated carbocycles. The Kier molecular flexibility index (Phi) is 5.89. The van der Waals surface area contributed by atoms with Crippen molar-refractivity contribution in [1.82, 2.24) is 25.7 Å². The topological polar surface area (TPSA) is 108 Å². The Morgan fingerprint density at radius 3 is 2.05 bits per heavy atom. The lowest BCUT2D eigenvalue weighted by molar-refractivity contribution is -0.384. The summed E-state index contributed by atoms with van der Waals surface area (Å²) in [7, 11) is 0. The van der Waals surface area contributed by atoms with Crippen LogP contribution in [0.15, 0.2) is 48.8 Å². The van der Waals surface area contributed by atoms with E-state index >= 15 is 0 Å². The molecule has 3 aromatic rings. The van der Waals surface area contributed by atoms with Crippen LogP contribution in [-0.4, -0.2) is 31.3 Å². The molecule has 1 aliphatic heterocycles. The number of nitro benzene ring substituents is 1. The van der Waals surface area contributed by atoms with Crippen molar-refractivity contribution in [2.45, 2.75) is 24.1 Å². The third kappa shape index (κ3) is 4.66. The Morgan fingerprint density at radius 2 is 1.57 bits per heavy atom. The molecule has 0 aliphatic carbocycles. The Hall–Kier alpha value is -4.22. The van der Waals surface area contributed by atoms with E-state index in [1.807, 2.05) is 5.48 Å². The number of rotatable bonds is 4. The van der Waals surface area contributed by atoms with Gasteiger partial charge in [-0.05, 0) is 40.8 Å². The van der Waals surface area contributed by atoms with Gasteiger partial charge in [0.25, 0.3) is 5.69 Å². The summed E-state index contributed by atoms with van der Waals surface area (Å²) >= 11 is 0. The van der Waals surface area contributed by atoms with Gasteiger partial charge >= 0.3 is 18.5 Å². The predicted octanol–water partition coefficient (Wildman–Crippen LogP) is 4.94. The highest BCUT2D eigenvalue weighted by atomic mass is 19.4. The normalized spacial score (nSPS) is 18.5. The summed E-state index contributed by atoms with van der Waals surface area (Å²) in [5.41, 5.74) is -9.30. The van der Waals surface area contributed by atoms with Crippen molar-refractivity contribution in [2.75, 3.05) is 0 Å². The minimum absolute atomic E-state index is 0.118. The van der Waals surface area contributed by atoms with Gasteiger partial charge < -0.3 is 0 Å². The minimum atomic E-state index is -5.58. The molecule has 0 spiro atoms. The van der Waals surface area contributed by atoms with Crippen molar-refractivity contribution >= 4 is 11.4 Å². The second-order valence-electron chi connectivity index (χ2n) is 7.51. The van der Waals surface area contributed by atoms with Gasteiger partial charge in [-0.25, -0.2) is 0 Å². The van der Waals surface area contributed by atoms with Crippen LogP contribution in [0.1, 0.15) is 22.3 Å². The predicted molar refractivity (Wildman–Crippen MR) is 102 cm³/mol. The van der Waals surface area contributed by atoms with Crippen molar-refractivity contribution in [3.63, 3.8) is 0 Å². The number of hydrogen-bond acceptors (Lipinski definition) is 7. The molecule has 2 heterocycles. The fourth-order valence-corrected chi connectivity index (χ4v) is 3.46. The molecule has 0 fully saturated rings. The molecule has 1 atom stereocenters. The molecule has 196 valence electrons. The zero-order chi connectivity index (χ0) is 27.4. The smallest absolute Gasteiger partial charge is 0.265 e. The molecule has 1 aromatic heterocycles. The molecule has 2 aromatic carbocycles. The van der Waals surface area contributed by atoms with Gasteiger partial charge in [0.1, 0.15) is 12.0 Å². The van der Waals surface area contributed by atoms with Crippen LogP contribution in [0.2, 0.25) is 0 Å². The Labute approximate surface area is 198 Å². The number of hydrogen-bond donors (Lipinski definition) is 1. The quantitative estimate of drug-likeness (QED) is 0.284. The van der Waals surface area contributed by atoms with Crippen molar-refractivity contribution in [3.8, 4) is 5.69 Å². The first kappa shape index (κ1) is 25.9. The maximum absolute atomic E-state index is 14.2. The van der Waals surface area contributed by atoms with E-state index < -0.39 is 57.1 Å². The number of nitrogens with one attached hydrogen (secondary N) is 1. The van der Waals surface area contributed by atoms with Crippen molar-refractivity contribution in [2.24, 2.45) is 0 Å². The van der Waals surface area contributed by atoms with Crippen molar-refractivity contribution < 1.29 is 49.3 Å². The number of benzene rings is 2. The van der Waals surface area contributed by atoms with Gasteiger partial charge in [-0.15, -0.1) is 5.10 Å². The van der Waals surface area contributed by atoms with E-state index in [2.05, 4.69) is 20.4 Å². The van der Waals surface area contributed by atoms with E-state index in [0.29, 0.717) is 0 Å². The van der Waals surface area contributed by atoms with Gasteiger partial charge in [-0.1, -0.05) is 6.07 Å². The highest BCUT2D eigenvalue weighted by Crippen LogP contribution is 2.49. The highest BCUT2D eigenvalue weighted by Gasteiger charge is 2.60. The van der Waals surface area contributed by atoms with Crippen LogP contribution in [0.4, 0.5) is 45.2 Å². The second kappa shape index (κ2) is 8.43. The maximum atomic E-state index is 14.2. The molecule has 1 aliphatic rings. The van der Waals surface area contributed by atoms with Gasteiger partial charge in [-0.3, -0.25) is 20.4 Å². The Bertz CT molecular complexity index is 1350. The molecule has 0 bridgehead atoms. The molecule has 1 unspecified atom stereocenters. The van der Waals surface area contributed by atoms with Crippen LogP contribution in [0.3, 0.4) is 0 Å². The summed E-state index contributed by atoms with van der Waals surface area (Å²) in [4.78, 5) is 15.2. The maximum Gasteiger partial charge on any atom is 0.428 e. The lowest BCUT2D eigenvalue weighted by Gasteiger charge is -2.29. The Morgan fingerprint density at radius 1 is 0.946 bits per heavy atom. The molecular formula is C19H9F9N6O3. The molecule has 4 rings (SSSR count). The lowest BCUT2D eigenvalue weighted by Crippen LogP contribution is -2.43. The summed E-state index contributed by atoms with van der Waals surface area (Å²) in [6.45, 7) is 0. The summed E-state index contributed by atoms with van der Waals surface area (Å²) in [5, 5.41) is 21.6. The Balaban J connectivity index is 1.90. The number of aromatic nitrogens is 4. The molecular weight excluding hydrogens is 531 g/mol. The highest BCUT2D eigenvalue weighted by molar-refractivity contribution is 5.71. The van der Waals surface area contributed by atoms with Crippen LogP contribution >= 0.6 is 0 Å². The van der Waals surface area contributed by atoms with Crippen molar-refractivity contribution in [3.05, 3.63) is 81.2 Å². The summed E-state index contributed by atoms with van der Waals surface area (Å²) < 4.78 is 123. The van der Waals surface area contributed by atoms with Crippen LogP contribution < -0.4 is 5.48 Å². The minimum Gasteiger partial charge on any atom is -0.265 e. The molecule has 1 N–H and O–H groups in total. The monoisotopic (exact) mass is 540 g/mol. The van der Waals surface area contributed by atoms with E-state index in [0.717, 1.165) is 29.2 Å². The SMILES string of the molecule is O=[N+]([O-])c1cc(C2=CC(c3cc(C(F)(F)F)cc(C(F)(F)F)c3)(C(F)(F)F)ON2)ccc1-n1cnnn1. The van der Waals surface area contributed by atoms with Crippen molar-refractivity contribution in [1.29, 1.82) is 0 Å². The zero-order valence-corrected chi connectivity index (χ0v) is 17.5. The second-order valence-corrected chi connectivity index (χ2v) is 7.51. The van der Waals surface area contributed by atoms with E-state index in [4.69, 9.17) is 0 Å². The van der Waals surface area contributed by atoms with Crippen LogP contribution in [-0.2, 0) is 22.8 Å². The molecule has 0 radical (unpaired) electrons. The fraction of sp³-hybridized carbons (Fsp3) is 0.211.